The van der Waals surface area contributed by atoms with Crippen molar-refractivity contribution in [3.05, 3.63) is 30.1 Å². The molecular formula is C16H24FN3O. The maximum atomic E-state index is 13.5. The molecule has 2 rings (SSSR count). The lowest BCUT2D eigenvalue weighted by Crippen LogP contribution is -2.62. The molecule has 1 saturated heterocycles. The van der Waals surface area contributed by atoms with Gasteiger partial charge in [-0.15, -0.1) is 0 Å². The quantitative estimate of drug-likeness (QED) is 0.874. The molecule has 0 aromatic heterocycles. The van der Waals surface area contributed by atoms with Crippen molar-refractivity contribution < 1.29 is 9.18 Å². The lowest BCUT2D eigenvalue weighted by molar-refractivity contribution is 0.0614. The maximum absolute atomic E-state index is 13.5. The molecule has 21 heavy (non-hydrogen) atoms. The van der Waals surface area contributed by atoms with Crippen LogP contribution in [0.5, 0.6) is 0 Å². The second-order valence-electron chi connectivity index (χ2n) is 5.50. The minimum atomic E-state index is -0.401. The molecule has 1 aromatic rings. The highest BCUT2D eigenvalue weighted by Crippen LogP contribution is 2.19. The molecule has 5 heteroatoms. The van der Waals surface area contributed by atoms with Gasteiger partial charge in [0.1, 0.15) is 5.82 Å². The van der Waals surface area contributed by atoms with Crippen LogP contribution >= 0.6 is 0 Å². The number of halogens is 1. The van der Waals surface area contributed by atoms with E-state index in [2.05, 4.69) is 24.1 Å². The van der Waals surface area contributed by atoms with Crippen LogP contribution in [0.4, 0.5) is 14.9 Å². The first-order chi connectivity index (χ1) is 10.2. The van der Waals surface area contributed by atoms with Gasteiger partial charge in [-0.05, 0) is 38.1 Å². The monoisotopic (exact) mass is 293 g/mol. The van der Waals surface area contributed by atoms with Crippen LogP contribution in [0.3, 0.4) is 0 Å². The summed E-state index contributed by atoms with van der Waals surface area (Å²) >= 11 is 0. The number of amides is 2. The van der Waals surface area contributed by atoms with E-state index in [-0.39, 0.29) is 11.7 Å². The molecule has 2 amide bonds. The van der Waals surface area contributed by atoms with Crippen molar-refractivity contribution >= 4 is 11.7 Å². The second kappa shape index (κ2) is 7.41. The highest BCUT2D eigenvalue weighted by molar-refractivity contribution is 5.90. The number of benzene rings is 1. The molecule has 4 nitrogen and oxygen atoms in total. The number of urea groups is 1. The Morgan fingerprint density at radius 1 is 1.29 bits per heavy atom. The average Bonchev–Trinajstić information content (AvgIpc) is 2.40. The summed E-state index contributed by atoms with van der Waals surface area (Å²) in [7, 11) is 0. The van der Waals surface area contributed by atoms with E-state index in [1.165, 1.54) is 6.07 Å². The number of carbonyl (C=O) groups excluding carboxylic acids is 1. The van der Waals surface area contributed by atoms with Crippen LogP contribution < -0.4 is 5.32 Å². The van der Waals surface area contributed by atoms with Crippen LogP contribution in [0.25, 0.3) is 0 Å². The summed E-state index contributed by atoms with van der Waals surface area (Å²) in [5.74, 6) is -0.401. The molecule has 0 unspecified atom stereocenters. The van der Waals surface area contributed by atoms with E-state index in [0.717, 1.165) is 39.0 Å². The molecular weight excluding hydrogens is 269 g/mol. The van der Waals surface area contributed by atoms with E-state index in [4.69, 9.17) is 0 Å². The van der Waals surface area contributed by atoms with E-state index in [1.807, 2.05) is 0 Å². The lowest BCUT2D eigenvalue weighted by atomic mass is 10.1. The maximum Gasteiger partial charge on any atom is 0.322 e. The number of hydrogen-bond donors (Lipinski definition) is 1. The predicted molar refractivity (Wildman–Crippen MR) is 82.9 cm³/mol. The number of carbonyl (C=O) groups is 1. The van der Waals surface area contributed by atoms with Gasteiger partial charge >= 0.3 is 6.03 Å². The molecule has 0 spiro atoms. The summed E-state index contributed by atoms with van der Waals surface area (Å²) in [5.41, 5.74) is 0.241. The van der Waals surface area contributed by atoms with Crippen LogP contribution in [-0.4, -0.2) is 48.1 Å². The topological polar surface area (TPSA) is 35.6 Å². The minimum Gasteiger partial charge on any atom is -0.321 e. The Kier molecular flexibility index (Phi) is 5.56. The van der Waals surface area contributed by atoms with Crippen molar-refractivity contribution in [1.82, 2.24) is 9.80 Å². The van der Waals surface area contributed by atoms with Gasteiger partial charge in [-0.2, -0.15) is 0 Å². The molecule has 0 aliphatic carbocycles. The molecule has 1 aliphatic heterocycles. The molecule has 116 valence electrons. The molecule has 1 aromatic carbocycles. The zero-order valence-electron chi connectivity index (χ0n) is 12.8. The lowest BCUT2D eigenvalue weighted by Gasteiger charge is -2.45. The Morgan fingerprint density at radius 3 is 2.48 bits per heavy atom. The third-order valence-electron chi connectivity index (χ3n) is 3.80. The summed E-state index contributed by atoms with van der Waals surface area (Å²) < 4.78 is 13.5. The molecule has 0 saturated carbocycles. The molecule has 0 radical (unpaired) electrons. The first-order valence-electron chi connectivity index (χ1n) is 7.70. The van der Waals surface area contributed by atoms with Gasteiger partial charge in [0.05, 0.1) is 5.69 Å². The molecule has 1 aliphatic rings. The van der Waals surface area contributed by atoms with Gasteiger partial charge in [0, 0.05) is 19.1 Å². The summed E-state index contributed by atoms with van der Waals surface area (Å²) in [5, 5.41) is 2.63. The van der Waals surface area contributed by atoms with Gasteiger partial charge in [0.25, 0.3) is 0 Å². The van der Waals surface area contributed by atoms with E-state index in [9.17, 15) is 9.18 Å². The van der Waals surface area contributed by atoms with E-state index in [1.54, 1.807) is 23.1 Å². The fraction of sp³-hybridized carbons (Fsp3) is 0.562. The summed E-state index contributed by atoms with van der Waals surface area (Å²) in [6.45, 7) is 7.93. The van der Waals surface area contributed by atoms with Crippen LogP contribution in [-0.2, 0) is 0 Å². The standard InChI is InChI=1S/C16H24FN3O/c1-3-9-19(10-4-2)13-11-20(12-13)16(21)18-15-8-6-5-7-14(15)17/h5-8,13H,3-4,9-12H2,1-2H3,(H,18,21). The largest absolute Gasteiger partial charge is 0.322 e. The van der Waals surface area contributed by atoms with E-state index >= 15 is 0 Å². The number of rotatable bonds is 6. The van der Waals surface area contributed by atoms with Crippen molar-refractivity contribution in [1.29, 1.82) is 0 Å². The predicted octanol–water partition coefficient (Wildman–Crippen LogP) is 3.16. The molecule has 0 bridgehead atoms. The Morgan fingerprint density at radius 2 is 1.90 bits per heavy atom. The Balaban J connectivity index is 1.83. The zero-order valence-corrected chi connectivity index (χ0v) is 12.8. The van der Waals surface area contributed by atoms with Crippen molar-refractivity contribution in [2.24, 2.45) is 0 Å². The van der Waals surface area contributed by atoms with Gasteiger partial charge in [0.2, 0.25) is 0 Å². The van der Waals surface area contributed by atoms with Gasteiger partial charge in [-0.1, -0.05) is 26.0 Å². The number of nitrogens with one attached hydrogen (secondary N) is 1. The fourth-order valence-corrected chi connectivity index (χ4v) is 2.66. The molecule has 1 fully saturated rings. The number of para-hydroxylation sites is 1. The highest BCUT2D eigenvalue weighted by atomic mass is 19.1. The van der Waals surface area contributed by atoms with Crippen LogP contribution in [0.15, 0.2) is 24.3 Å². The minimum absolute atomic E-state index is 0.218. The smallest absolute Gasteiger partial charge is 0.321 e. The van der Waals surface area contributed by atoms with Gasteiger partial charge in [-0.25, -0.2) is 9.18 Å². The van der Waals surface area contributed by atoms with Gasteiger partial charge in [-0.3, -0.25) is 4.90 Å². The molecule has 1 heterocycles. The number of nitrogens with zero attached hydrogens (tertiary/aromatic N) is 2. The van der Waals surface area contributed by atoms with Crippen molar-refractivity contribution in [2.75, 3.05) is 31.5 Å². The normalized spacial score (nSPS) is 15.1. The van der Waals surface area contributed by atoms with Gasteiger partial charge in [0.15, 0.2) is 0 Å². The highest BCUT2D eigenvalue weighted by Gasteiger charge is 2.34. The third-order valence-corrected chi connectivity index (χ3v) is 3.80. The van der Waals surface area contributed by atoms with Crippen LogP contribution in [0.2, 0.25) is 0 Å². The SMILES string of the molecule is CCCN(CCC)C1CN(C(=O)Nc2ccccc2F)C1. The average molecular weight is 293 g/mol. The number of likely N-dealkylation sites (tertiary alicyclic amines) is 1. The van der Waals surface area contributed by atoms with Crippen molar-refractivity contribution in [2.45, 2.75) is 32.7 Å². The second-order valence-corrected chi connectivity index (χ2v) is 5.50. The Bertz CT molecular complexity index is 468. The molecule has 0 atom stereocenters. The summed E-state index contributed by atoms with van der Waals surface area (Å²) in [4.78, 5) is 16.2. The number of hydrogen-bond acceptors (Lipinski definition) is 2. The first-order valence-corrected chi connectivity index (χ1v) is 7.70. The van der Waals surface area contributed by atoms with E-state index in [0.29, 0.717) is 6.04 Å². The van der Waals surface area contributed by atoms with Crippen LogP contribution in [0, 0.1) is 5.82 Å². The molecule has 1 N–H and O–H groups in total. The van der Waals surface area contributed by atoms with Crippen molar-refractivity contribution in [3.63, 3.8) is 0 Å². The Labute approximate surface area is 125 Å². The summed E-state index contributed by atoms with van der Waals surface area (Å²) in [6.07, 6.45) is 2.25. The third kappa shape index (κ3) is 3.94. The fourth-order valence-electron chi connectivity index (χ4n) is 2.66. The Hall–Kier alpha value is -1.62. The van der Waals surface area contributed by atoms with Crippen molar-refractivity contribution in [3.8, 4) is 0 Å². The summed E-state index contributed by atoms with van der Waals surface area (Å²) in [6, 6.07) is 6.46. The van der Waals surface area contributed by atoms with Crippen LogP contribution in [0.1, 0.15) is 26.7 Å². The first kappa shape index (κ1) is 15.8. The number of anilines is 1. The zero-order chi connectivity index (χ0) is 15.2. The van der Waals surface area contributed by atoms with Gasteiger partial charge < -0.3 is 10.2 Å². The van der Waals surface area contributed by atoms with E-state index < -0.39 is 5.82 Å².